The average Bonchev–Trinajstić information content (AvgIpc) is 3.46. The van der Waals surface area contributed by atoms with Gasteiger partial charge in [-0.25, -0.2) is 9.37 Å². The van der Waals surface area contributed by atoms with Crippen molar-refractivity contribution >= 4 is 22.8 Å². The van der Waals surface area contributed by atoms with E-state index in [0.717, 1.165) is 44.3 Å². The lowest BCUT2D eigenvalue weighted by molar-refractivity contribution is 0.0906. The molecular formula is C24H32FN5O2. The molecule has 1 atom stereocenters. The average molecular weight is 442 g/mol. The number of amides is 1. The van der Waals surface area contributed by atoms with Crippen LogP contribution in [-0.4, -0.2) is 66.2 Å². The molecule has 172 valence electrons. The van der Waals surface area contributed by atoms with E-state index in [1.807, 2.05) is 23.2 Å². The Labute approximate surface area is 188 Å². The first-order chi connectivity index (χ1) is 15.7. The van der Waals surface area contributed by atoms with Crippen LogP contribution in [0.15, 0.2) is 41.1 Å². The number of carbonyl (C=O) groups is 1. The van der Waals surface area contributed by atoms with E-state index in [9.17, 15) is 9.18 Å². The van der Waals surface area contributed by atoms with Gasteiger partial charge in [-0.1, -0.05) is 38.0 Å². The summed E-state index contributed by atoms with van der Waals surface area (Å²) < 4.78 is 18.3. The number of hydrogen-bond donors (Lipinski definition) is 2. The topological polar surface area (TPSA) is 77.4 Å². The number of benzene rings is 1. The summed E-state index contributed by atoms with van der Waals surface area (Å²) in [6.45, 7) is 5.22. The molecule has 32 heavy (non-hydrogen) atoms. The van der Waals surface area contributed by atoms with Crippen LogP contribution in [0.1, 0.15) is 42.3 Å². The minimum absolute atomic E-state index is 0.0134. The number of alkyl halides is 1. The number of hydrogen-bond acceptors (Lipinski definition) is 5. The molecule has 0 saturated carbocycles. The summed E-state index contributed by atoms with van der Waals surface area (Å²) in [4.78, 5) is 24.6. The number of aromatic nitrogens is 2. The van der Waals surface area contributed by atoms with Crippen molar-refractivity contribution in [3.63, 3.8) is 0 Å². The second kappa shape index (κ2) is 10.6. The Morgan fingerprint density at radius 1 is 1.28 bits per heavy atom. The van der Waals surface area contributed by atoms with Gasteiger partial charge in [0.1, 0.15) is 6.67 Å². The number of para-hydroxylation sites is 1. The Bertz CT molecular complexity index is 1010. The Morgan fingerprint density at radius 3 is 2.88 bits per heavy atom. The van der Waals surface area contributed by atoms with E-state index < -0.39 is 0 Å². The largest absolute Gasteiger partial charge is 0.418 e. The van der Waals surface area contributed by atoms with Crippen molar-refractivity contribution in [1.29, 1.82) is 0 Å². The van der Waals surface area contributed by atoms with E-state index in [1.54, 1.807) is 0 Å². The molecule has 1 amide bonds. The molecule has 0 spiro atoms. The molecular weight excluding hydrogens is 409 g/mol. The van der Waals surface area contributed by atoms with Gasteiger partial charge in [-0.15, -0.1) is 0 Å². The second-order valence-corrected chi connectivity index (χ2v) is 8.40. The number of nitrogens with zero attached hydrogens (tertiary/aromatic N) is 3. The summed E-state index contributed by atoms with van der Waals surface area (Å²) in [7, 11) is 0. The third-order valence-corrected chi connectivity index (χ3v) is 6.14. The Kier molecular flexibility index (Phi) is 7.42. The zero-order chi connectivity index (χ0) is 22.3. The first-order valence-electron chi connectivity index (χ1n) is 11.5. The molecule has 3 heterocycles. The number of anilines is 1. The first kappa shape index (κ1) is 22.3. The summed E-state index contributed by atoms with van der Waals surface area (Å²) >= 11 is 0. The van der Waals surface area contributed by atoms with E-state index in [-0.39, 0.29) is 24.4 Å². The van der Waals surface area contributed by atoms with Crippen molar-refractivity contribution in [3.05, 3.63) is 48.0 Å². The third kappa shape index (κ3) is 5.30. The number of halogens is 1. The Balaban J connectivity index is 1.39. The van der Waals surface area contributed by atoms with Gasteiger partial charge in [0.05, 0.1) is 6.20 Å². The van der Waals surface area contributed by atoms with Crippen molar-refractivity contribution in [2.45, 2.75) is 38.6 Å². The molecule has 3 aromatic rings. The first-order valence-corrected chi connectivity index (χ1v) is 11.5. The lowest BCUT2D eigenvalue weighted by atomic mass is 10.0. The third-order valence-electron chi connectivity index (χ3n) is 6.14. The van der Waals surface area contributed by atoms with Gasteiger partial charge in [0.15, 0.2) is 0 Å². The number of oxazole rings is 1. The molecule has 1 fully saturated rings. The van der Waals surface area contributed by atoms with Gasteiger partial charge in [0.25, 0.3) is 11.9 Å². The SMILES string of the molecule is CCCCC(Cc1c[nH]c2ccccc12)NC(=O)c1cnc(N2CCN(CCF)CC2)o1. The molecule has 2 N–H and O–H groups in total. The van der Waals surface area contributed by atoms with E-state index in [1.165, 1.54) is 17.1 Å². The number of aromatic amines is 1. The predicted molar refractivity (Wildman–Crippen MR) is 124 cm³/mol. The van der Waals surface area contributed by atoms with Crippen LogP contribution >= 0.6 is 0 Å². The minimum atomic E-state index is -0.332. The van der Waals surface area contributed by atoms with Crippen LogP contribution in [0.2, 0.25) is 0 Å². The van der Waals surface area contributed by atoms with Crippen LogP contribution in [0.5, 0.6) is 0 Å². The maximum atomic E-state index is 12.9. The van der Waals surface area contributed by atoms with Gasteiger partial charge in [-0.2, -0.15) is 0 Å². The second-order valence-electron chi connectivity index (χ2n) is 8.40. The van der Waals surface area contributed by atoms with Crippen molar-refractivity contribution in [2.75, 3.05) is 44.3 Å². The van der Waals surface area contributed by atoms with Crippen LogP contribution in [0.4, 0.5) is 10.4 Å². The normalized spacial score (nSPS) is 15.9. The molecule has 1 unspecified atom stereocenters. The number of fused-ring (bicyclic) bond motifs is 1. The van der Waals surface area contributed by atoms with Gasteiger partial charge >= 0.3 is 0 Å². The Morgan fingerprint density at radius 2 is 2.09 bits per heavy atom. The molecule has 1 saturated heterocycles. The Hall–Kier alpha value is -2.87. The minimum Gasteiger partial charge on any atom is -0.418 e. The molecule has 1 aliphatic rings. The fourth-order valence-electron chi connectivity index (χ4n) is 4.30. The summed E-state index contributed by atoms with van der Waals surface area (Å²) in [6.07, 6.45) is 7.30. The van der Waals surface area contributed by atoms with E-state index in [0.29, 0.717) is 25.6 Å². The molecule has 0 aliphatic carbocycles. The fraction of sp³-hybridized carbons (Fsp3) is 0.500. The zero-order valence-electron chi connectivity index (χ0n) is 18.6. The number of H-pyrrole nitrogens is 1. The summed E-state index contributed by atoms with van der Waals surface area (Å²) in [5.41, 5.74) is 2.31. The number of rotatable bonds is 10. The molecule has 0 bridgehead atoms. The quantitative estimate of drug-likeness (QED) is 0.501. The van der Waals surface area contributed by atoms with Crippen LogP contribution in [-0.2, 0) is 6.42 Å². The highest BCUT2D eigenvalue weighted by molar-refractivity contribution is 5.91. The highest BCUT2D eigenvalue weighted by Crippen LogP contribution is 2.21. The lowest BCUT2D eigenvalue weighted by Crippen LogP contribution is -2.47. The number of unbranched alkanes of at least 4 members (excludes halogenated alkanes) is 1. The molecule has 2 aromatic heterocycles. The van der Waals surface area contributed by atoms with Gasteiger partial charge in [0, 0.05) is 55.9 Å². The van der Waals surface area contributed by atoms with E-state index >= 15 is 0 Å². The van der Waals surface area contributed by atoms with Crippen molar-refractivity contribution in [2.24, 2.45) is 0 Å². The predicted octanol–water partition coefficient (Wildman–Crippen LogP) is 3.78. The van der Waals surface area contributed by atoms with Crippen molar-refractivity contribution in [3.8, 4) is 0 Å². The standard InChI is InChI=1S/C24H32FN5O2/c1-2-3-6-19(15-18-16-26-21-8-5-4-7-20(18)21)28-23(31)22-17-27-24(32-22)30-13-11-29(10-9-25)12-14-30/h4-5,7-8,16-17,19,26H,2-3,6,9-15H2,1H3,(H,28,31). The number of carbonyl (C=O) groups excluding carboxylic acids is 1. The molecule has 8 heteroatoms. The van der Waals surface area contributed by atoms with Crippen molar-refractivity contribution < 1.29 is 13.6 Å². The zero-order valence-corrected chi connectivity index (χ0v) is 18.6. The van der Waals surface area contributed by atoms with Crippen LogP contribution in [0.25, 0.3) is 10.9 Å². The molecule has 1 aliphatic heterocycles. The highest BCUT2D eigenvalue weighted by atomic mass is 19.1. The van der Waals surface area contributed by atoms with Crippen LogP contribution < -0.4 is 10.2 Å². The lowest BCUT2D eigenvalue weighted by Gasteiger charge is -2.33. The fourth-order valence-corrected chi connectivity index (χ4v) is 4.30. The van der Waals surface area contributed by atoms with Gasteiger partial charge in [-0.3, -0.25) is 9.69 Å². The maximum Gasteiger partial charge on any atom is 0.298 e. The molecule has 7 nitrogen and oxygen atoms in total. The summed E-state index contributed by atoms with van der Waals surface area (Å²) in [5, 5.41) is 4.35. The van der Waals surface area contributed by atoms with Gasteiger partial charge in [0.2, 0.25) is 5.76 Å². The monoisotopic (exact) mass is 441 g/mol. The molecule has 4 rings (SSSR count). The summed E-state index contributed by atoms with van der Waals surface area (Å²) in [5.74, 6) is -0.00706. The van der Waals surface area contributed by atoms with Crippen LogP contribution in [0.3, 0.4) is 0 Å². The maximum absolute atomic E-state index is 12.9. The van der Waals surface area contributed by atoms with Crippen LogP contribution in [0, 0.1) is 0 Å². The van der Waals surface area contributed by atoms with E-state index in [2.05, 4.69) is 39.2 Å². The number of piperazine rings is 1. The molecule has 0 radical (unpaired) electrons. The van der Waals surface area contributed by atoms with E-state index in [4.69, 9.17) is 4.42 Å². The van der Waals surface area contributed by atoms with Gasteiger partial charge in [-0.05, 0) is 24.5 Å². The van der Waals surface area contributed by atoms with Gasteiger partial charge < -0.3 is 19.6 Å². The van der Waals surface area contributed by atoms with Crippen molar-refractivity contribution in [1.82, 2.24) is 20.2 Å². The smallest absolute Gasteiger partial charge is 0.298 e. The molecule has 1 aromatic carbocycles. The summed E-state index contributed by atoms with van der Waals surface area (Å²) in [6, 6.07) is 8.69. The highest BCUT2D eigenvalue weighted by Gasteiger charge is 2.23. The number of nitrogens with one attached hydrogen (secondary N) is 2.